The van der Waals surface area contributed by atoms with Gasteiger partial charge in [0.25, 0.3) is 5.56 Å². The largest absolute Gasteiger partial charge is 0.486 e. The zero-order chi connectivity index (χ0) is 21.2. The first-order valence-electron chi connectivity index (χ1n) is 10.7. The van der Waals surface area contributed by atoms with E-state index in [2.05, 4.69) is 15.6 Å². The molecule has 8 nitrogen and oxygen atoms in total. The van der Waals surface area contributed by atoms with Crippen LogP contribution in [0.15, 0.2) is 47.3 Å². The first kappa shape index (κ1) is 19.5. The van der Waals surface area contributed by atoms with Crippen LogP contribution in [0.4, 0.5) is 5.69 Å². The van der Waals surface area contributed by atoms with Gasteiger partial charge in [0.2, 0.25) is 5.91 Å². The molecule has 5 rings (SSSR count). The number of benzene rings is 2. The number of rotatable bonds is 4. The second-order valence-electron chi connectivity index (χ2n) is 8.16. The van der Waals surface area contributed by atoms with Gasteiger partial charge in [-0.3, -0.25) is 9.59 Å². The quantitative estimate of drug-likeness (QED) is 0.697. The smallest absolute Gasteiger partial charge is 0.277 e. The Morgan fingerprint density at radius 2 is 1.81 bits per heavy atom. The molecule has 1 aliphatic heterocycles. The molecule has 0 spiro atoms. The van der Waals surface area contributed by atoms with Crippen molar-refractivity contribution in [2.24, 2.45) is 11.8 Å². The summed E-state index contributed by atoms with van der Waals surface area (Å²) in [6, 6.07) is 12.7. The lowest BCUT2D eigenvalue weighted by Crippen LogP contribution is -2.32. The molecule has 1 fully saturated rings. The van der Waals surface area contributed by atoms with Gasteiger partial charge in [0.05, 0.1) is 5.39 Å². The van der Waals surface area contributed by atoms with Gasteiger partial charge in [-0.15, -0.1) is 5.10 Å². The van der Waals surface area contributed by atoms with Crippen molar-refractivity contribution in [1.82, 2.24) is 15.0 Å². The summed E-state index contributed by atoms with van der Waals surface area (Å²) in [6.07, 6.45) is 3.33. The maximum Gasteiger partial charge on any atom is 0.277 e. The number of carbonyl (C=O) groups excluding carboxylic acids is 1. The Hall–Kier alpha value is -3.42. The van der Waals surface area contributed by atoms with Gasteiger partial charge < -0.3 is 14.8 Å². The van der Waals surface area contributed by atoms with Crippen LogP contribution in [-0.2, 0) is 11.3 Å². The summed E-state index contributed by atoms with van der Waals surface area (Å²) in [4.78, 5) is 25.4. The highest BCUT2D eigenvalue weighted by atomic mass is 16.6. The molecule has 2 aromatic carbocycles. The maximum atomic E-state index is 12.7. The van der Waals surface area contributed by atoms with Crippen molar-refractivity contribution in [3.63, 3.8) is 0 Å². The molecule has 3 aromatic rings. The lowest BCUT2D eigenvalue weighted by molar-refractivity contribution is -0.121. The fraction of sp³-hybridized carbons (Fsp3) is 0.391. The van der Waals surface area contributed by atoms with Gasteiger partial charge in [0.1, 0.15) is 18.7 Å². The Labute approximate surface area is 179 Å². The summed E-state index contributed by atoms with van der Waals surface area (Å²) in [7, 11) is 0. The Morgan fingerprint density at radius 3 is 2.65 bits per heavy atom. The topological polar surface area (TPSA) is 95.3 Å². The van der Waals surface area contributed by atoms with E-state index in [0.29, 0.717) is 48.1 Å². The molecule has 160 valence electrons. The molecule has 31 heavy (non-hydrogen) atoms. The second kappa shape index (κ2) is 8.37. The molecule has 2 aliphatic rings. The SMILES string of the molecule is O=C(Nc1ccc2c(c1)OCCO2)C1CCC(Cn2nnc3ccccc3c2=O)CC1. The fourth-order valence-electron chi connectivity index (χ4n) is 4.36. The van der Waals surface area contributed by atoms with E-state index in [0.717, 1.165) is 31.4 Å². The minimum absolute atomic E-state index is 0.0257. The molecule has 1 N–H and O–H groups in total. The minimum atomic E-state index is -0.107. The van der Waals surface area contributed by atoms with Crippen molar-refractivity contribution in [3.8, 4) is 11.5 Å². The number of fused-ring (bicyclic) bond motifs is 2. The van der Waals surface area contributed by atoms with Crippen LogP contribution in [0.2, 0.25) is 0 Å². The summed E-state index contributed by atoms with van der Waals surface area (Å²) in [5, 5.41) is 11.8. The van der Waals surface area contributed by atoms with Crippen molar-refractivity contribution in [3.05, 3.63) is 52.8 Å². The zero-order valence-corrected chi connectivity index (χ0v) is 17.1. The summed E-state index contributed by atoms with van der Waals surface area (Å²) in [6.45, 7) is 1.59. The van der Waals surface area contributed by atoms with Gasteiger partial charge in [0.15, 0.2) is 11.5 Å². The summed E-state index contributed by atoms with van der Waals surface area (Å²) < 4.78 is 12.6. The molecule has 0 radical (unpaired) electrons. The molecule has 1 aliphatic carbocycles. The number of carbonyl (C=O) groups is 1. The molecule has 1 aromatic heterocycles. The van der Waals surface area contributed by atoms with E-state index in [4.69, 9.17) is 9.47 Å². The third-order valence-electron chi connectivity index (χ3n) is 6.09. The van der Waals surface area contributed by atoms with Crippen molar-refractivity contribution in [1.29, 1.82) is 0 Å². The summed E-state index contributed by atoms with van der Waals surface area (Å²) >= 11 is 0. The lowest BCUT2D eigenvalue weighted by atomic mass is 9.81. The summed E-state index contributed by atoms with van der Waals surface area (Å²) in [5.41, 5.74) is 1.22. The fourth-order valence-corrected chi connectivity index (χ4v) is 4.36. The minimum Gasteiger partial charge on any atom is -0.486 e. The molecule has 1 amide bonds. The average Bonchev–Trinajstić information content (AvgIpc) is 2.81. The maximum absolute atomic E-state index is 12.7. The first-order valence-corrected chi connectivity index (χ1v) is 10.7. The van der Waals surface area contributed by atoms with Crippen molar-refractivity contribution in [2.45, 2.75) is 32.2 Å². The van der Waals surface area contributed by atoms with Gasteiger partial charge in [-0.05, 0) is 55.9 Å². The second-order valence-corrected chi connectivity index (χ2v) is 8.16. The van der Waals surface area contributed by atoms with Crippen LogP contribution in [-0.4, -0.2) is 34.1 Å². The van der Waals surface area contributed by atoms with Crippen molar-refractivity contribution >= 4 is 22.5 Å². The van der Waals surface area contributed by atoms with E-state index in [-0.39, 0.29) is 17.4 Å². The highest BCUT2D eigenvalue weighted by Gasteiger charge is 2.27. The Bertz CT molecular complexity index is 1170. The number of nitrogens with one attached hydrogen (secondary N) is 1. The van der Waals surface area contributed by atoms with Gasteiger partial charge in [-0.25, -0.2) is 4.68 Å². The van der Waals surface area contributed by atoms with Crippen molar-refractivity contribution in [2.75, 3.05) is 18.5 Å². The van der Waals surface area contributed by atoms with Gasteiger partial charge in [-0.1, -0.05) is 17.3 Å². The van der Waals surface area contributed by atoms with Crippen LogP contribution in [0.5, 0.6) is 11.5 Å². The number of ether oxygens (including phenoxy) is 2. The third-order valence-corrected chi connectivity index (χ3v) is 6.09. The van der Waals surface area contributed by atoms with Crippen LogP contribution in [0, 0.1) is 11.8 Å². The highest BCUT2D eigenvalue weighted by Crippen LogP contribution is 2.34. The first-order chi connectivity index (χ1) is 15.2. The number of hydrogen-bond acceptors (Lipinski definition) is 6. The van der Waals surface area contributed by atoms with Crippen molar-refractivity contribution < 1.29 is 14.3 Å². The Kier molecular flexibility index (Phi) is 5.28. The molecular formula is C23H24N4O4. The van der Waals surface area contributed by atoms with E-state index in [9.17, 15) is 9.59 Å². The molecular weight excluding hydrogens is 396 g/mol. The number of hydrogen-bond donors (Lipinski definition) is 1. The predicted octanol–water partition coefficient (Wildman–Crippen LogP) is 3.01. The lowest BCUT2D eigenvalue weighted by Gasteiger charge is -2.28. The molecule has 2 heterocycles. The average molecular weight is 420 g/mol. The molecule has 1 saturated carbocycles. The van der Waals surface area contributed by atoms with Crippen LogP contribution in [0.25, 0.3) is 10.9 Å². The molecule has 0 atom stereocenters. The van der Waals surface area contributed by atoms with Crippen LogP contribution >= 0.6 is 0 Å². The van der Waals surface area contributed by atoms with Crippen LogP contribution in [0.3, 0.4) is 0 Å². The predicted molar refractivity (Wildman–Crippen MR) is 115 cm³/mol. The zero-order valence-electron chi connectivity index (χ0n) is 17.1. The van der Waals surface area contributed by atoms with Gasteiger partial charge >= 0.3 is 0 Å². The van der Waals surface area contributed by atoms with E-state index in [1.807, 2.05) is 30.3 Å². The number of aromatic nitrogens is 3. The van der Waals surface area contributed by atoms with Gasteiger partial charge in [-0.2, -0.15) is 0 Å². The molecule has 0 saturated heterocycles. The molecule has 0 unspecified atom stereocenters. The molecule has 8 heteroatoms. The molecule has 0 bridgehead atoms. The third kappa shape index (κ3) is 4.10. The highest BCUT2D eigenvalue weighted by molar-refractivity contribution is 5.93. The van der Waals surface area contributed by atoms with E-state index < -0.39 is 0 Å². The number of nitrogens with zero attached hydrogens (tertiary/aromatic N) is 3. The Balaban J connectivity index is 1.18. The number of anilines is 1. The summed E-state index contributed by atoms with van der Waals surface area (Å²) in [5.74, 6) is 1.67. The number of amides is 1. The Morgan fingerprint density at radius 1 is 1.03 bits per heavy atom. The van der Waals surface area contributed by atoms with E-state index >= 15 is 0 Å². The monoisotopic (exact) mass is 420 g/mol. The standard InChI is InChI=1S/C23H24N4O4/c28-22(24-17-9-10-20-21(13-17)31-12-11-30-20)16-7-5-15(6-8-16)14-27-23(29)18-3-1-2-4-19(18)25-26-27/h1-4,9-10,13,15-16H,5-8,11-12,14H2,(H,24,28). The van der Waals surface area contributed by atoms with E-state index in [1.54, 1.807) is 12.1 Å². The van der Waals surface area contributed by atoms with Crippen LogP contribution < -0.4 is 20.3 Å². The van der Waals surface area contributed by atoms with E-state index in [1.165, 1.54) is 4.68 Å². The van der Waals surface area contributed by atoms with Gasteiger partial charge in [0, 0.05) is 24.2 Å². The van der Waals surface area contributed by atoms with Crippen LogP contribution in [0.1, 0.15) is 25.7 Å². The normalized spacial score (nSPS) is 20.4.